The van der Waals surface area contributed by atoms with Gasteiger partial charge in [-0.1, -0.05) is 17.7 Å². The molecule has 21 heavy (non-hydrogen) atoms. The van der Waals surface area contributed by atoms with Gasteiger partial charge in [-0.15, -0.1) is 0 Å². The van der Waals surface area contributed by atoms with E-state index in [-0.39, 0.29) is 18.0 Å². The fourth-order valence-electron chi connectivity index (χ4n) is 2.26. The molecule has 3 amide bonds. The molecule has 0 spiro atoms. The van der Waals surface area contributed by atoms with Crippen molar-refractivity contribution in [2.24, 2.45) is 0 Å². The van der Waals surface area contributed by atoms with Gasteiger partial charge in [0.25, 0.3) is 0 Å². The molecule has 0 radical (unpaired) electrons. The largest absolute Gasteiger partial charge is 0.333 e. The van der Waals surface area contributed by atoms with Gasteiger partial charge in [-0.2, -0.15) is 0 Å². The van der Waals surface area contributed by atoms with Crippen molar-refractivity contribution in [3.8, 4) is 0 Å². The lowest BCUT2D eigenvalue weighted by Crippen LogP contribution is -2.37. The Kier molecular flexibility index (Phi) is 3.35. The normalized spacial score (nSPS) is 13.2. The van der Waals surface area contributed by atoms with Gasteiger partial charge >= 0.3 is 6.03 Å². The van der Waals surface area contributed by atoms with Crippen LogP contribution < -0.4 is 10.2 Å². The van der Waals surface area contributed by atoms with E-state index in [0.29, 0.717) is 16.3 Å². The monoisotopic (exact) mass is 304 g/mol. The minimum absolute atomic E-state index is 0.118. The highest BCUT2D eigenvalue weighted by atomic mass is 35.5. The van der Waals surface area contributed by atoms with E-state index in [1.165, 1.54) is 18.2 Å². The second kappa shape index (κ2) is 5.18. The van der Waals surface area contributed by atoms with E-state index in [9.17, 15) is 14.0 Å². The number of carbonyl (C=O) groups excluding carboxylic acids is 2. The minimum atomic E-state index is -0.619. The van der Waals surface area contributed by atoms with Crippen LogP contribution in [0, 0.1) is 5.82 Å². The SMILES string of the molecule is O=C1Cc2cc(Cl)ccc2N1C(=O)Nc1cccc(F)c1. The van der Waals surface area contributed by atoms with Gasteiger partial charge in [0.2, 0.25) is 5.91 Å². The molecule has 2 aromatic rings. The predicted molar refractivity (Wildman–Crippen MR) is 78.1 cm³/mol. The lowest BCUT2D eigenvalue weighted by atomic mass is 10.2. The van der Waals surface area contributed by atoms with Crippen LogP contribution in [0.4, 0.5) is 20.6 Å². The standard InChI is InChI=1S/C15H10ClFN2O2/c16-10-4-5-13-9(6-10)7-14(20)19(13)15(21)18-12-3-1-2-11(17)8-12/h1-6,8H,7H2,(H,18,21). The Morgan fingerprint density at radius 1 is 1.24 bits per heavy atom. The van der Waals surface area contributed by atoms with Crippen LogP contribution in [0.3, 0.4) is 0 Å². The number of urea groups is 1. The molecule has 0 saturated carbocycles. The van der Waals surface area contributed by atoms with Crippen LogP contribution >= 0.6 is 11.6 Å². The summed E-state index contributed by atoms with van der Waals surface area (Å²) in [6.45, 7) is 0. The summed E-state index contributed by atoms with van der Waals surface area (Å²) in [5, 5.41) is 3.01. The van der Waals surface area contributed by atoms with Gasteiger partial charge in [0.05, 0.1) is 12.1 Å². The lowest BCUT2D eigenvalue weighted by molar-refractivity contribution is -0.116. The maximum absolute atomic E-state index is 13.1. The van der Waals surface area contributed by atoms with Crippen LogP contribution in [0.2, 0.25) is 5.02 Å². The number of amides is 3. The third-order valence-electron chi connectivity index (χ3n) is 3.15. The third-order valence-corrected chi connectivity index (χ3v) is 3.39. The van der Waals surface area contributed by atoms with Crippen LogP contribution in [0.5, 0.6) is 0 Å². The summed E-state index contributed by atoms with van der Waals surface area (Å²) in [7, 11) is 0. The summed E-state index contributed by atoms with van der Waals surface area (Å²) in [6.07, 6.45) is 0.118. The highest BCUT2D eigenvalue weighted by molar-refractivity contribution is 6.31. The number of imide groups is 1. The van der Waals surface area contributed by atoms with Crippen molar-refractivity contribution in [2.75, 3.05) is 10.2 Å². The number of nitrogens with zero attached hydrogens (tertiary/aromatic N) is 1. The Morgan fingerprint density at radius 2 is 2.05 bits per heavy atom. The summed E-state index contributed by atoms with van der Waals surface area (Å²) >= 11 is 5.87. The fourth-order valence-corrected chi connectivity index (χ4v) is 2.45. The molecule has 0 fully saturated rings. The van der Waals surface area contributed by atoms with Crippen molar-refractivity contribution < 1.29 is 14.0 Å². The Morgan fingerprint density at radius 3 is 2.81 bits per heavy atom. The Hall–Kier alpha value is -2.40. The molecule has 1 aliphatic heterocycles. The highest BCUT2D eigenvalue weighted by Gasteiger charge is 2.32. The first-order chi connectivity index (χ1) is 10.0. The number of anilines is 2. The minimum Gasteiger partial charge on any atom is -0.307 e. The summed E-state index contributed by atoms with van der Waals surface area (Å²) in [5.74, 6) is -0.811. The molecule has 0 unspecified atom stereocenters. The Bertz CT molecular complexity index is 748. The summed E-state index contributed by atoms with van der Waals surface area (Å²) < 4.78 is 13.1. The zero-order chi connectivity index (χ0) is 15.0. The Labute approximate surface area is 125 Å². The van der Waals surface area contributed by atoms with Gasteiger partial charge in [0.1, 0.15) is 5.82 Å². The average Bonchev–Trinajstić information content (AvgIpc) is 2.73. The van der Waals surface area contributed by atoms with E-state index >= 15 is 0 Å². The zero-order valence-electron chi connectivity index (χ0n) is 10.8. The van der Waals surface area contributed by atoms with Gasteiger partial charge in [-0.05, 0) is 42.0 Å². The number of carbonyl (C=O) groups is 2. The molecule has 0 aromatic heterocycles. The second-order valence-corrected chi connectivity index (χ2v) is 5.06. The van der Waals surface area contributed by atoms with Gasteiger partial charge in [0, 0.05) is 10.7 Å². The number of halogens is 2. The van der Waals surface area contributed by atoms with Gasteiger partial charge < -0.3 is 5.32 Å². The van der Waals surface area contributed by atoms with E-state index in [1.807, 2.05) is 0 Å². The van der Waals surface area contributed by atoms with Crippen LogP contribution in [0.1, 0.15) is 5.56 Å². The first kappa shape index (κ1) is 13.6. The quantitative estimate of drug-likeness (QED) is 0.875. The first-order valence-corrected chi connectivity index (χ1v) is 6.60. The number of hydrogen-bond donors (Lipinski definition) is 1. The average molecular weight is 305 g/mol. The molecule has 0 saturated heterocycles. The fraction of sp³-hybridized carbons (Fsp3) is 0.0667. The van der Waals surface area contributed by atoms with E-state index in [0.717, 1.165) is 4.90 Å². The lowest BCUT2D eigenvalue weighted by Gasteiger charge is -2.16. The van der Waals surface area contributed by atoms with Crippen molar-refractivity contribution in [1.82, 2.24) is 0 Å². The smallest absolute Gasteiger partial charge is 0.307 e. The van der Waals surface area contributed by atoms with Crippen LogP contribution in [-0.2, 0) is 11.2 Å². The van der Waals surface area contributed by atoms with E-state index in [2.05, 4.69) is 5.32 Å². The summed E-state index contributed by atoms with van der Waals surface area (Å²) in [6, 6.07) is 9.75. The van der Waals surface area contributed by atoms with Crippen LogP contribution in [0.15, 0.2) is 42.5 Å². The van der Waals surface area contributed by atoms with E-state index in [1.54, 1.807) is 24.3 Å². The molecule has 0 bridgehead atoms. The molecule has 1 N–H and O–H groups in total. The molecular formula is C15H10ClFN2O2. The maximum atomic E-state index is 13.1. The van der Waals surface area contributed by atoms with Crippen molar-refractivity contribution in [3.05, 3.63) is 58.9 Å². The number of benzene rings is 2. The van der Waals surface area contributed by atoms with Crippen LogP contribution in [0.25, 0.3) is 0 Å². The molecule has 3 rings (SSSR count). The van der Waals surface area contributed by atoms with Crippen LogP contribution in [-0.4, -0.2) is 11.9 Å². The Balaban J connectivity index is 1.87. The topological polar surface area (TPSA) is 49.4 Å². The van der Waals surface area contributed by atoms with E-state index < -0.39 is 11.8 Å². The molecular weight excluding hydrogens is 295 g/mol. The predicted octanol–water partition coefficient (Wildman–Crippen LogP) is 3.60. The zero-order valence-corrected chi connectivity index (χ0v) is 11.5. The number of rotatable bonds is 1. The molecule has 2 aromatic carbocycles. The van der Waals surface area contributed by atoms with Crippen molar-refractivity contribution >= 4 is 34.9 Å². The molecule has 0 aliphatic carbocycles. The molecule has 106 valence electrons. The number of nitrogens with one attached hydrogen (secondary N) is 1. The van der Waals surface area contributed by atoms with E-state index in [4.69, 9.17) is 11.6 Å². The summed E-state index contributed by atoms with van der Waals surface area (Å²) in [5.41, 5.74) is 1.48. The van der Waals surface area contributed by atoms with Gasteiger partial charge in [-0.3, -0.25) is 4.79 Å². The molecule has 6 heteroatoms. The van der Waals surface area contributed by atoms with Crippen molar-refractivity contribution in [1.29, 1.82) is 0 Å². The summed E-state index contributed by atoms with van der Waals surface area (Å²) in [4.78, 5) is 25.2. The molecule has 1 heterocycles. The van der Waals surface area contributed by atoms with Crippen molar-refractivity contribution in [3.63, 3.8) is 0 Å². The highest BCUT2D eigenvalue weighted by Crippen LogP contribution is 2.31. The number of hydrogen-bond acceptors (Lipinski definition) is 2. The van der Waals surface area contributed by atoms with Crippen molar-refractivity contribution in [2.45, 2.75) is 6.42 Å². The molecule has 0 atom stereocenters. The molecule has 4 nitrogen and oxygen atoms in total. The second-order valence-electron chi connectivity index (χ2n) is 4.62. The van der Waals surface area contributed by atoms with Gasteiger partial charge in [0.15, 0.2) is 0 Å². The first-order valence-electron chi connectivity index (χ1n) is 6.22. The maximum Gasteiger partial charge on any atom is 0.333 e. The van der Waals surface area contributed by atoms with Gasteiger partial charge in [-0.25, -0.2) is 14.1 Å². The third kappa shape index (κ3) is 2.60. The number of fused-ring (bicyclic) bond motifs is 1. The molecule has 1 aliphatic rings.